The molecule has 0 radical (unpaired) electrons. The number of para-hydroxylation sites is 1. The van der Waals surface area contributed by atoms with Gasteiger partial charge in [-0.05, 0) is 110 Å². The smallest absolute Gasteiger partial charge is 0.420 e. The highest BCUT2D eigenvalue weighted by Gasteiger charge is 2.35. The van der Waals surface area contributed by atoms with Gasteiger partial charge in [-0.2, -0.15) is 4.98 Å². The molecule has 17 nitrogen and oxygen atoms in total. The summed E-state index contributed by atoms with van der Waals surface area (Å²) in [7, 11) is -2.74. The second kappa shape index (κ2) is 22.1. The van der Waals surface area contributed by atoms with Crippen LogP contribution >= 0.6 is 23.1 Å². The van der Waals surface area contributed by atoms with E-state index >= 15 is 0 Å². The lowest BCUT2D eigenvalue weighted by atomic mass is 9.97. The standard InChI is InChI=1S/C53H67BrN11O6P/c1-7-12-45(51(67)56-33-66)65-44-14-11-13-43(48(44)71-53(65)68)64-31-34(32-64)30-61-23-25-62(26-24-61)37-19-21-63(22-20-37)46-28-47(70-10-4)42(27-35(46)8-2)59-52-55-29-39(54)50(60-52)58-41-18-17-40-38(49(41)72(5,6)69)16-15-36(9-3)57-40/h11,13-18,27-29,33-34,37,45H,7-10,12,19-26,30-32H2,1-6H3,(H,56,66,67)(H2,55,58,59,60). The Morgan fingerprint density at radius 1 is 0.917 bits per heavy atom. The minimum absolute atomic E-state index is 0.356. The van der Waals surface area contributed by atoms with E-state index in [1.54, 1.807) is 25.6 Å². The first-order valence-corrected chi connectivity index (χ1v) is 28.9. The molecule has 9 rings (SSSR count). The Bertz CT molecular complexity index is 3050. The first kappa shape index (κ1) is 51.1. The molecule has 1 atom stereocenters. The molecule has 1 unspecified atom stereocenters. The topological polar surface area (TPSA) is 183 Å². The predicted octanol–water partition coefficient (Wildman–Crippen LogP) is 8.29. The molecule has 382 valence electrons. The van der Waals surface area contributed by atoms with E-state index in [2.05, 4.69) is 82.4 Å². The van der Waals surface area contributed by atoms with E-state index in [0.29, 0.717) is 70.8 Å². The monoisotopic (exact) mass is 1060 g/mol. The van der Waals surface area contributed by atoms with E-state index in [0.717, 1.165) is 124 Å². The van der Waals surface area contributed by atoms with Gasteiger partial charge in [0.25, 0.3) is 0 Å². The molecule has 0 spiro atoms. The number of aromatic nitrogens is 4. The van der Waals surface area contributed by atoms with Gasteiger partial charge in [0.15, 0.2) is 5.58 Å². The molecule has 0 saturated carbocycles. The van der Waals surface area contributed by atoms with Crippen molar-refractivity contribution >= 4 is 97.2 Å². The third-order valence-electron chi connectivity index (χ3n) is 14.4. The SMILES string of the molecule is CCCC(C(=O)NC=O)n1c(=O)oc2c(N3CC(CN4CCN(C5CCN(c6cc(OCC)c(Nc7ncc(Br)c(Nc8ccc9nc(CC)ccc9c8P(C)(C)=O)n7)cc6CC)CC5)CC4)C3)cccc21. The lowest BCUT2D eigenvalue weighted by Crippen LogP contribution is -2.57. The molecule has 3 aromatic heterocycles. The molecule has 0 bridgehead atoms. The zero-order chi connectivity index (χ0) is 50.7. The number of oxazole rings is 1. The van der Waals surface area contributed by atoms with Crippen LogP contribution in [0, 0.1) is 5.92 Å². The van der Waals surface area contributed by atoms with Crippen LogP contribution < -0.4 is 41.5 Å². The van der Waals surface area contributed by atoms with Crippen LogP contribution in [-0.2, 0) is 27.0 Å². The number of anilines is 6. The van der Waals surface area contributed by atoms with Gasteiger partial charge in [-0.3, -0.25) is 29.4 Å². The molecule has 3 aliphatic rings. The number of piperazine rings is 1. The summed E-state index contributed by atoms with van der Waals surface area (Å²) in [6, 6.07) is 17.7. The number of rotatable bonds is 19. The number of aryl methyl sites for hydroxylation is 2. The Morgan fingerprint density at radius 2 is 1.69 bits per heavy atom. The molecule has 3 aliphatic heterocycles. The molecular weight excluding hydrogens is 998 g/mol. The van der Waals surface area contributed by atoms with Gasteiger partial charge in [0.1, 0.15) is 24.8 Å². The number of benzene rings is 3. The maximum absolute atomic E-state index is 13.8. The molecule has 3 N–H and O–H groups in total. The Labute approximate surface area is 429 Å². The molecule has 6 heterocycles. The van der Waals surface area contributed by atoms with Crippen molar-refractivity contribution in [3.05, 3.63) is 87.1 Å². The van der Waals surface area contributed by atoms with Crippen LogP contribution in [0.2, 0.25) is 0 Å². The molecule has 0 aliphatic carbocycles. The van der Waals surface area contributed by atoms with E-state index in [1.807, 2.05) is 50.2 Å². The molecule has 6 aromatic rings. The number of nitrogens with one attached hydrogen (secondary N) is 3. The minimum Gasteiger partial charge on any atom is -0.492 e. The summed E-state index contributed by atoms with van der Waals surface area (Å²) in [5, 5.41) is 10.8. The number of amides is 2. The highest BCUT2D eigenvalue weighted by Crippen LogP contribution is 2.43. The summed E-state index contributed by atoms with van der Waals surface area (Å²) in [5.41, 5.74) is 7.65. The van der Waals surface area contributed by atoms with Gasteiger partial charge in [0.2, 0.25) is 18.3 Å². The summed E-state index contributed by atoms with van der Waals surface area (Å²) < 4.78 is 27.9. The maximum atomic E-state index is 13.8. The van der Waals surface area contributed by atoms with Crippen molar-refractivity contribution in [2.24, 2.45) is 5.92 Å². The molecule has 3 saturated heterocycles. The van der Waals surface area contributed by atoms with E-state index in [-0.39, 0.29) is 0 Å². The van der Waals surface area contributed by atoms with Gasteiger partial charge in [0.05, 0.1) is 39.2 Å². The van der Waals surface area contributed by atoms with Gasteiger partial charge in [-0.1, -0.05) is 39.3 Å². The summed E-state index contributed by atoms with van der Waals surface area (Å²) in [4.78, 5) is 61.3. The van der Waals surface area contributed by atoms with Crippen LogP contribution in [0.3, 0.4) is 0 Å². The third kappa shape index (κ3) is 10.8. The van der Waals surface area contributed by atoms with Crippen LogP contribution in [0.25, 0.3) is 22.0 Å². The van der Waals surface area contributed by atoms with Crippen LogP contribution in [-0.4, -0.2) is 127 Å². The maximum Gasteiger partial charge on any atom is 0.420 e. The number of fused-ring (bicyclic) bond motifs is 2. The number of nitrogens with zero attached hydrogens (tertiary/aromatic N) is 8. The van der Waals surface area contributed by atoms with E-state index in [1.165, 1.54) is 15.8 Å². The van der Waals surface area contributed by atoms with Crippen LogP contribution in [0.5, 0.6) is 5.75 Å². The summed E-state index contributed by atoms with van der Waals surface area (Å²) in [6.45, 7) is 21.2. The summed E-state index contributed by atoms with van der Waals surface area (Å²) >= 11 is 3.65. The number of carbonyl (C=O) groups excluding carboxylic acids is 2. The molecule has 19 heteroatoms. The molecule has 72 heavy (non-hydrogen) atoms. The van der Waals surface area contributed by atoms with Gasteiger partial charge in [0, 0.05) is 105 Å². The Balaban J connectivity index is 0.798. The number of carbonyl (C=O) groups is 2. The van der Waals surface area contributed by atoms with E-state index < -0.39 is 24.8 Å². The number of hydrogen-bond acceptors (Lipinski definition) is 15. The zero-order valence-electron chi connectivity index (χ0n) is 42.2. The summed E-state index contributed by atoms with van der Waals surface area (Å²) in [6.07, 6.45) is 7.00. The van der Waals surface area contributed by atoms with Crippen molar-refractivity contribution in [1.82, 2.24) is 34.6 Å². The molecule has 2 amide bonds. The largest absolute Gasteiger partial charge is 0.492 e. The van der Waals surface area contributed by atoms with Gasteiger partial charge in [-0.25, -0.2) is 9.78 Å². The van der Waals surface area contributed by atoms with Crippen LogP contribution in [0.4, 0.5) is 34.5 Å². The van der Waals surface area contributed by atoms with Gasteiger partial charge < -0.3 is 39.1 Å². The van der Waals surface area contributed by atoms with Crippen molar-refractivity contribution in [3.8, 4) is 5.75 Å². The highest BCUT2D eigenvalue weighted by atomic mass is 79.9. The molecule has 3 fully saturated rings. The van der Waals surface area contributed by atoms with Gasteiger partial charge >= 0.3 is 5.76 Å². The van der Waals surface area contributed by atoms with Crippen molar-refractivity contribution in [2.75, 3.05) is 99.3 Å². The Morgan fingerprint density at radius 3 is 2.39 bits per heavy atom. The lowest BCUT2D eigenvalue weighted by Gasteiger charge is -2.46. The molecule has 3 aromatic carbocycles. The quantitative estimate of drug-likeness (QED) is 0.0520. The fourth-order valence-electron chi connectivity index (χ4n) is 10.9. The number of pyridine rings is 1. The fraction of sp³-hybridized carbons (Fsp3) is 0.472. The average molecular weight is 1070 g/mol. The lowest BCUT2D eigenvalue weighted by molar-refractivity contribution is -0.128. The first-order valence-electron chi connectivity index (χ1n) is 25.5. The fourth-order valence-corrected chi connectivity index (χ4v) is 12.6. The zero-order valence-corrected chi connectivity index (χ0v) is 44.7. The number of piperidine rings is 1. The van der Waals surface area contributed by atoms with Crippen molar-refractivity contribution in [3.63, 3.8) is 0 Å². The number of hydrogen-bond donors (Lipinski definition) is 3. The van der Waals surface area contributed by atoms with Crippen molar-refractivity contribution in [2.45, 2.75) is 78.3 Å². The second-order valence-electron chi connectivity index (χ2n) is 19.6. The number of halogens is 1. The first-order chi connectivity index (χ1) is 34.8. The molecular formula is C53H67BrN11O6P. The van der Waals surface area contributed by atoms with E-state index in [4.69, 9.17) is 19.1 Å². The Hall–Kier alpha value is -5.81. The van der Waals surface area contributed by atoms with Crippen molar-refractivity contribution in [1.29, 1.82) is 0 Å². The van der Waals surface area contributed by atoms with Crippen LogP contribution in [0.1, 0.15) is 70.7 Å². The predicted molar refractivity (Wildman–Crippen MR) is 291 cm³/mol. The van der Waals surface area contributed by atoms with E-state index in [9.17, 15) is 18.9 Å². The van der Waals surface area contributed by atoms with Gasteiger partial charge in [-0.15, -0.1) is 0 Å². The third-order valence-corrected chi connectivity index (χ3v) is 16.6. The normalized spacial score (nSPS) is 16.8. The Kier molecular flexibility index (Phi) is 15.7. The highest BCUT2D eigenvalue weighted by molar-refractivity contribution is 9.10. The second-order valence-corrected chi connectivity index (χ2v) is 23.6. The number of ether oxygens (including phenoxy) is 1. The minimum atomic E-state index is -2.74. The van der Waals surface area contributed by atoms with Crippen LogP contribution in [0.15, 0.2) is 74.5 Å². The average Bonchev–Trinajstić information content (AvgIpc) is 3.70. The summed E-state index contributed by atoms with van der Waals surface area (Å²) in [5.74, 6) is 1.08. The van der Waals surface area contributed by atoms with Crippen molar-refractivity contribution < 1.29 is 23.3 Å². The number of imide groups is 1.